The number of nitrogens with zero attached hydrogens (tertiary/aromatic N) is 3. The Morgan fingerprint density at radius 1 is 1.50 bits per heavy atom. The molecule has 102 valence electrons. The van der Waals surface area contributed by atoms with Crippen molar-refractivity contribution >= 4 is 5.97 Å². The van der Waals surface area contributed by atoms with E-state index in [0.29, 0.717) is 29.3 Å². The van der Waals surface area contributed by atoms with Gasteiger partial charge in [0.2, 0.25) is 0 Å². The van der Waals surface area contributed by atoms with Gasteiger partial charge >= 0.3 is 5.97 Å². The van der Waals surface area contributed by atoms with E-state index < -0.39 is 5.97 Å². The van der Waals surface area contributed by atoms with Crippen LogP contribution in [-0.4, -0.2) is 29.2 Å². The molecular weight excluding hydrogens is 258 g/mol. The first-order valence-corrected chi connectivity index (χ1v) is 5.99. The van der Waals surface area contributed by atoms with Crippen LogP contribution in [0, 0.1) is 11.3 Å². The van der Waals surface area contributed by atoms with Crippen LogP contribution in [0.1, 0.15) is 22.8 Å². The number of nitriles is 1. The molecule has 2 aromatic rings. The molecule has 6 nitrogen and oxygen atoms in total. The molecular formula is C14H13N3O3. The third-order valence-corrected chi connectivity index (χ3v) is 2.65. The first kappa shape index (κ1) is 13.6. The molecule has 0 aliphatic carbocycles. The SMILES string of the molecule is CCOC(=O)c1ccnc(-n2cc(C#N)c(OC)c2)c1. The van der Waals surface area contributed by atoms with E-state index in [9.17, 15) is 4.79 Å². The number of hydrogen-bond donors (Lipinski definition) is 0. The molecule has 0 atom stereocenters. The van der Waals surface area contributed by atoms with Crippen LogP contribution < -0.4 is 4.74 Å². The Kier molecular flexibility index (Phi) is 4.01. The lowest BCUT2D eigenvalue weighted by Gasteiger charge is -2.04. The normalized spacial score (nSPS) is 9.85. The molecule has 0 fully saturated rings. The Morgan fingerprint density at radius 3 is 2.90 bits per heavy atom. The summed E-state index contributed by atoms with van der Waals surface area (Å²) in [7, 11) is 1.49. The van der Waals surface area contributed by atoms with Gasteiger partial charge in [0.1, 0.15) is 17.5 Å². The highest BCUT2D eigenvalue weighted by Gasteiger charge is 2.11. The smallest absolute Gasteiger partial charge is 0.338 e. The van der Waals surface area contributed by atoms with Crippen LogP contribution in [0.3, 0.4) is 0 Å². The summed E-state index contributed by atoms with van der Waals surface area (Å²) in [6.45, 7) is 2.06. The number of carbonyl (C=O) groups excluding carboxylic acids is 1. The largest absolute Gasteiger partial charge is 0.494 e. The van der Waals surface area contributed by atoms with Crippen LogP contribution >= 0.6 is 0 Å². The zero-order chi connectivity index (χ0) is 14.5. The van der Waals surface area contributed by atoms with Crippen LogP contribution in [0.25, 0.3) is 5.82 Å². The molecule has 2 aromatic heterocycles. The van der Waals surface area contributed by atoms with E-state index in [1.54, 1.807) is 36.0 Å². The highest BCUT2D eigenvalue weighted by molar-refractivity contribution is 5.89. The molecule has 0 aromatic carbocycles. The van der Waals surface area contributed by atoms with Crippen molar-refractivity contribution in [3.05, 3.63) is 41.9 Å². The van der Waals surface area contributed by atoms with Gasteiger partial charge in [0.05, 0.1) is 25.5 Å². The summed E-state index contributed by atoms with van der Waals surface area (Å²) in [5.41, 5.74) is 0.805. The van der Waals surface area contributed by atoms with Gasteiger partial charge in [0, 0.05) is 12.4 Å². The molecule has 0 N–H and O–H groups in total. The third-order valence-electron chi connectivity index (χ3n) is 2.65. The standard InChI is InChI=1S/C14H13N3O3/c1-3-20-14(18)10-4-5-16-13(6-10)17-8-11(7-15)12(9-17)19-2/h4-6,8-9H,3H2,1-2H3. The van der Waals surface area contributed by atoms with Crippen LogP contribution in [0.15, 0.2) is 30.7 Å². The quantitative estimate of drug-likeness (QED) is 0.794. The van der Waals surface area contributed by atoms with Crippen LogP contribution in [0.2, 0.25) is 0 Å². The van der Waals surface area contributed by atoms with Crippen LogP contribution in [0.5, 0.6) is 5.75 Å². The Morgan fingerprint density at radius 2 is 2.30 bits per heavy atom. The summed E-state index contributed by atoms with van der Waals surface area (Å²) in [5, 5.41) is 8.98. The molecule has 0 amide bonds. The van der Waals surface area contributed by atoms with Crippen molar-refractivity contribution < 1.29 is 14.3 Å². The fourth-order valence-electron chi connectivity index (χ4n) is 1.72. The minimum Gasteiger partial charge on any atom is -0.494 e. The van der Waals surface area contributed by atoms with E-state index in [1.807, 2.05) is 6.07 Å². The second-order valence-corrected chi connectivity index (χ2v) is 3.88. The molecule has 0 bridgehead atoms. The average Bonchev–Trinajstić information content (AvgIpc) is 2.91. The topological polar surface area (TPSA) is 77.1 Å². The molecule has 0 aliphatic rings. The molecule has 0 radical (unpaired) electrons. The second-order valence-electron chi connectivity index (χ2n) is 3.88. The van der Waals surface area contributed by atoms with Crippen molar-refractivity contribution in [2.75, 3.05) is 13.7 Å². The van der Waals surface area contributed by atoms with E-state index in [-0.39, 0.29) is 0 Å². The van der Waals surface area contributed by atoms with E-state index in [4.69, 9.17) is 14.7 Å². The van der Waals surface area contributed by atoms with Gasteiger partial charge < -0.3 is 14.0 Å². The Bertz CT molecular complexity index is 671. The van der Waals surface area contributed by atoms with Gasteiger partial charge in [-0.1, -0.05) is 0 Å². The summed E-state index contributed by atoms with van der Waals surface area (Å²) < 4.78 is 11.7. The number of carbonyl (C=O) groups is 1. The van der Waals surface area contributed by atoms with Gasteiger partial charge in [-0.3, -0.25) is 0 Å². The molecule has 0 unspecified atom stereocenters. The summed E-state index contributed by atoms with van der Waals surface area (Å²) >= 11 is 0. The van der Waals surface area contributed by atoms with Gasteiger partial charge in [-0.05, 0) is 19.1 Å². The van der Waals surface area contributed by atoms with Crippen LogP contribution in [0.4, 0.5) is 0 Å². The monoisotopic (exact) mass is 271 g/mol. The molecule has 0 saturated carbocycles. The highest BCUT2D eigenvalue weighted by atomic mass is 16.5. The number of rotatable bonds is 4. The summed E-state index contributed by atoms with van der Waals surface area (Å²) in [6, 6.07) is 5.20. The molecule has 2 rings (SSSR count). The molecule has 0 spiro atoms. The maximum absolute atomic E-state index is 11.7. The fourth-order valence-corrected chi connectivity index (χ4v) is 1.72. The molecule has 20 heavy (non-hydrogen) atoms. The van der Waals surface area contributed by atoms with E-state index in [2.05, 4.69) is 4.98 Å². The Hall–Kier alpha value is -2.81. The maximum atomic E-state index is 11.7. The van der Waals surface area contributed by atoms with Crippen LogP contribution in [-0.2, 0) is 4.74 Å². The van der Waals surface area contributed by atoms with Crippen molar-refractivity contribution in [2.45, 2.75) is 6.92 Å². The van der Waals surface area contributed by atoms with Crippen molar-refractivity contribution in [3.8, 4) is 17.6 Å². The first-order chi connectivity index (χ1) is 9.69. The van der Waals surface area contributed by atoms with E-state index >= 15 is 0 Å². The summed E-state index contributed by atoms with van der Waals surface area (Å²) in [6.07, 6.45) is 4.74. The number of hydrogen-bond acceptors (Lipinski definition) is 5. The van der Waals surface area contributed by atoms with Crippen molar-refractivity contribution in [2.24, 2.45) is 0 Å². The lowest BCUT2D eigenvalue weighted by Crippen LogP contribution is -2.06. The number of methoxy groups -OCH3 is 1. The Labute approximate surface area is 116 Å². The van der Waals surface area contributed by atoms with Crippen molar-refractivity contribution in [1.82, 2.24) is 9.55 Å². The Balaban J connectivity index is 2.38. The van der Waals surface area contributed by atoms with Gasteiger partial charge in [-0.15, -0.1) is 0 Å². The predicted octanol–water partition coefficient (Wildman–Crippen LogP) is 1.93. The number of pyridine rings is 1. The first-order valence-electron chi connectivity index (χ1n) is 5.99. The summed E-state index contributed by atoms with van der Waals surface area (Å²) in [4.78, 5) is 15.8. The minimum atomic E-state index is -0.407. The molecule has 2 heterocycles. The van der Waals surface area contributed by atoms with Gasteiger partial charge in [0.25, 0.3) is 0 Å². The van der Waals surface area contributed by atoms with E-state index in [0.717, 1.165) is 0 Å². The van der Waals surface area contributed by atoms with Gasteiger partial charge in [-0.2, -0.15) is 5.26 Å². The maximum Gasteiger partial charge on any atom is 0.338 e. The average molecular weight is 271 g/mol. The van der Waals surface area contributed by atoms with Gasteiger partial charge in [-0.25, -0.2) is 9.78 Å². The molecule has 6 heteroatoms. The lowest BCUT2D eigenvalue weighted by atomic mass is 10.2. The molecule has 0 aliphatic heterocycles. The minimum absolute atomic E-state index is 0.312. The second kappa shape index (κ2) is 5.89. The van der Waals surface area contributed by atoms with Crippen molar-refractivity contribution in [1.29, 1.82) is 5.26 Å². The summed E-state index contributed by atoms with van der Waals surface area (Å²) in [5.74, 6) is 0.557. The van der Waals surface area contributed by atoms with E-state index in [1.165, 1.54) is 13.3 Å². The molecule has 0 saturated heterocycles. The third kappa shape index (κ3) is 2.62. The fraction of sp³-hybridized carbons (Fsp3) is 0.214. The number of esters is 1. The predicted molar refractivity (Wildman–Crippen MR) is 70.8 cm³/mol. The van der Waals surface area contributed by atoms with Crippen molar-refractivity contribution in [3.63, 3.8) is 0 Å². The number of ether oxygens (including phenoxy) is 2. The zero-order valence-corrected chi connectivity index (χ0v) is 11.2. The highest BCUT2D eigenvalue weighted by Crippen LogP contribution is 2.21. The van der Waals surface area contributed by atoms with Gasteiger partial charge in [0.15, 0.2) is 5.75 Å². The lowest BCUT2D eigenvalue weighted by molar-refractivity contribution is 0.0526. The zero-order valence-electron chi connectivity index (χ0n) is 11.2. The number of aromatic nitrogens is 2.